The molecule has 0 saturated carbocycles. The highest BCUT2D eigenvalue weighted by molar-refractivity contribution is 5.84. The summed E-state index contributed by atoms with van der Waals surface area (Å²) < 4.78 is 2.17. The Morgan fingerprint density at radius 1 is 1.38 bits per heavy atom. The molecule has 2 aromatic rings. The zero-order chi connectivity index (χ0) is 15.2. The van der Waals surface area contributed by atoms with Crippen LogP contribution in [0.15, 0.2) is 30.3 Å². The molecule has 1 aromatic heterocycles. The second-order valence-corrected chi connectivity index (χ2v) is 6.66. The van der Waals surface area contributed by atoms with Gasteiger partial charge in [0.05, 0.1) is 11.0 Å². The molecule has 0 radical (unpaired) electrons. The predicted molar refractivity (Wildman–Crippen MR) is 89.8 cm³/mol. The first-order valence-electron chi connectivity index (χ1n) is 7.94. The summed E-state index contributed by atoms with van der Waals surface area (Å²) >= 11 is 0. The third-order valence-corrected chi connectivity index (χ3v) is 5.52. The predicted octanol–water partition coefficient (Wildman–Crippen LogP) is 4.55. The lowest BCUT2D eigenvalue weighted by atomic mass is 9.68. The zero-order valence-corrected chi connectivity index (χ0v) is 13.4. The van der Waals surface area contributed by atoms with Gasteiger partial charge in [0, 0.05) is 11.1 Å². The number of benzene rings is 1. The molecule has 2 atom stereocenters. The number of aromatic nitrogens is 2. The Balaban J connectivity index is 2.21. The minimum Gasteiger partial charge on any atom is -0.369 e. The smallest absolute Gasteiger partial charge is 0.205 e. The minimum atomic E-state index is 0.145. The van der Waals surface area contributed by atoms with Crippen LogP contribution in [0.3, 0.4) is 0 Å². The number of fused-ring (bicyclic) bond motifs is 1. The molecule has 0 bridgehead atoms. The van der Waals surface area contributed by atoms with Crippen molar-refractivity contribution in [1.29, 1.82) is 0 Å². The Labute approximate surface area is 126 Å². The minimum absolute atomic E-state index is 0.145. The molecule has 3 rings (SSSR count). The van der Waals surface area contributed by atoms with Crippen LogP contribution in [0, 0.1) is 17.3 Å². The highest BCUT2D eigenvalue weighted by Gasteiger charge is 2.44. The number of allylic oxidation sites excluding steroid dienone is 2. The van der Waals surface area contributed by atoms with Crippen LogP contribution in [0.25, 0.3) is 16.7 Å². The monoisotopic (exact) mass is 283 g/mol. The van der Waals surface area contributed by atoms with E-state index in [9.17, 15) is 0 Å². The summed E-state index contributed by atoms with van der Waals surface area (Å²) in [5.41, 5.74) is 9.82. The first-order valence-corrected chi connectivity index (χ1v) is 7.94. The quantitative estimate of drug-likeness (QED) is 0.898. The van der Waals surface area contributed by atoms with Crippen molar-refractivity contribution >= 4 is 22.7 Å². The Morgan fingerprint density at radius 3 is 2.76 bits per heavy atom. The van der Waals surface area contributed by atoms with Gasteiger partial charge >= 0.3 is 0 Å². The summed E-state index contributed by atoms with van der Waals surface area (Å²) in [6, 6.07) is 8.21. The first kappa shape index (κ1) is 14.2. The van der Waals surface area contributed by atoms with E-state index >= 15 is 0 Å². The maximum absolute atomic E-state index is 6.25. The molecule has 0 aliphatic heterocycles. The second kappa shape index (κ2) is 4.90. The number of rotatable bonds is 3. The summed E-state index contributed by atoms with van der Waals surface area (Å²) in [6.07, 6.45) is 4.70. The van der Waals surface area contributed by atoms with Crippen LogP contribution in [0.4, 0.5) is 5.95 Å². The van der Waals surface area contributed by atoms with Gasteiger partial charge in [-0.2, -0.15) is 0 Å². The van der Waals surface area contributed by atoms with Gasteiger partial charge in [-0.1, -0.05) is 52.3 Å². The van der Waals surface area contributed by atoms with Crippen LogP contribution >= 0.6 is 0 Å². The van der Waals surface area contributed by atoms with Gasteiger partial charge in [0.25, 0.3) is 0 Å². The summed E-state index contributed by atoms with van der Waals surface area (Å²) in [6.45, 7) is 9.31. The fraction of sp³-hybridized carbons (Fsp3) is 0.500. The van der Waals surface area contributed by atoms with Crippen molar-refractivity contribution in [2.24, 2.45) is 17.3 Å². The van der Waals surface area contributed by atoms with E-state index in [0.29, 0.717) is 17.8 Å². The van der Waals surface area contributed by atoms with Gasteiger partial charge in [-0.15, -0.1) is 0 Å². The fourth-order valence-electron chi connectivity index (χ4n) is 3.92. The molecule has 1 aromatic carbocycles. The van der Waals surface area contributed by atoms with Gasteiger partial charge in [-0.05, 0) is 30.4 Å². The topological polar surface area (TPSA) is 43.8 Å². The van der Waals surface area contributed by atoms with E-state index in [0.717, 1.165) is 17.5 Å². The maximum Gasteiger partial charge on any atom is 0.205 e. The molecular formula is C18H25N3. The first-order chi connectivity index (χ1) is 10.00. The molecule has 21 heavy (non-hydrogen) atoms. The molecule has 112 valence electrons. The SMILES string of the molecule is CCC1CC=C(n2c(N)nc3ccccc32)[C@@]1(C)C(C)C. The summed E-state index contributed by atoms with van der Waals surface area (Å²) in [5, 5.41) is 0. The molecule has 0 fully saturated rings. The summed E-state index contributed by atoms with van der Waals surface area (Å²) in [5.74, 6) is 1.84. The van der Waals surface area contributed by atoms with E-state index in [4.69, 9.17) is 5.73 Å². The van der Waals surface area contributed by atoms with Gasteiger partial charge in [0.1, 0.15) is 0 Å². The third-order valence-electron chi connectivity index (χ3n) is 5.52. The van der Waals surface area contributed by atoms with Gasteiger partial charge < -0.3 is 5.73 Å². The van der Waals surface area contributed by atoms with Crippen LogP contribution in [0.5, 0.6) is 0 Å². The number of nitrogens with zero attached hydrogens (tertiary/aromatic N) is 2. The molecule has 0 spiro atoms. The van der Waals surface area contributed by atoms with E-state index in [-0.39, 0.29) is 5.41 Å². The normalized spacial score (nSPS) is 25.8. The maximum atomic E-state index is 6.25. The van der Waals surface area contributed by atoms with Crippen LogP contribution in [0.2, 0.25) is 0 Å². The van der Waals surface area contributed by atoms with Crippen LogP contribution in [0.1, 0.15) is 40.5 Å². The molecule has 3 heteroatoms. The van der Waals surface area contributed by atoms with Crippen LogP contribution in [-0.2, 0) is 0 Å². The number of nitrogen functional groups attached to an aromatic ring is 1. The van der Waals surface area contributed by atoms with Gasteiger partial charge in [-0.25, -0.2) is 4.98 Å². The lowest BCUT2D eigenvalue weighted by Gasteiger charge is -2.39. The van der Waals surface area contributed by atoms with Crippen molar-refractivity contribution in [2.75, 3.05) is 5.73 Å². The fourth-order valence-corrected chi connectivity index (χ4v) is 3.92. The third kappa shape index (κ3) is 1.90. The largest absolute Gasteiger partial charge is 0.369 e. The second-order valence-electron chi connectivity index (χ2n) is 6.66. The highest BCUT2D eigenvalue weighted by atomic mass is 15.2. The molecule has 1 aliphatic rings. The van der Waals surface area contributed by atoms with Crippen molar-refractivity contribution in [3.8, 4) is 0 Å². The molecule has 2 N–H and O–H groups in total. The van der Waals surface area contributed by atoms with Gasteiger partial charge in [0.15, 0.2) is 0 Å². The molecule has 1 aliphatic carbocycles. The number of para-hydroxylation sites is 2. The van der Waals surface area contributed by atoms with Crippen molar-refractivity contribution < 1.29 is 0 Å². The van der Waals surface area contributed by atoms with E-state index < -0.39 is 0 Å². The van der Waals surface area contributed by atoms with Crippen molar-refractivity contribution in [2.45, 2.75) is 40.5 Å². The number of hydrogen-bond donors (Lipinski definition) is 1. The van der Waals surface area contributed by atoms with E-state index in [2.05, 4.69) is 55.5 Å². The van der Waals surface area contributed by atoms with Gasteiger partial charge in [-0.3, -0.25) is 4.57 Å². The van der Waals surface area contributed by atoms with Crippen molar-refractivity contribution in [3.05, 3.63) is 30.3 Å². The standard InChI is InChI=1S/C18H25N3/c1-5-13-10-11-16(18(13,4)12(2)3)21-15-9-7-6-8-14(15)20-17(21)19/h6-9,11-13H,5,10H2,1-4H3,(H2,19,20)/t13?,18-/m0/s1. The number of imidazole rings is 1. The molecule has 0 amide bonds. The van der Waals surface area contributed by atoms with Gasteiger partial charge in [0.2, 0.25) is 5.95 Å². The Morgan fingerprint density at radius 2 is 2.10 bits per heavy atom. The summed E-state index contributed by atoms with van der Waals surface area (Å²) in [7, 11) is 0. The molecule has 3 nitrogen and oxygen atoms in total. The summed E-state index contributed by atoms with van der Waals surface area (Å²) in [4.78, 5) is 4.53. The lowest BCUT2D eigenvalue weighted by molar-refractivity contribution is 0.195. The van der Waals surface area contributed by atoms with E-state index in [1.165, 1.54) is 12.1 Å². The van der Waals surface area contributed by atoms with Crippen LogP contribution in [-0.4, -0.2) is 9.55 Å². The number of anilines is 1. The number of nitrogens with two attached hydrogens (primary N) is 1. The Kier molecular flexibility index (Phi) is 3.31. The van der Waals surface area contributed by atoms with Crippen molar-refractivity contribution in [1.82, 2.24) is 9.55 Å². The highest BCUT2D eigenvalue weighted by Crippen LogP contribution is 2.53. The Hall–Kier alpha value is -1.77. The molecule has 1 unspecified atom stereocenters. The molecular weight excluding hydrogens is 258 g/mol. The van der Waals surface area contributed by atoms with Crippen LogP contribution < -0.4 is 5.73 Å². The zero-order valence-electron chi connectivity index (χ0n) is 13.4. The average molecular weight is 283 g/mol. The van der Waals surface area contributed by atoms with Crippen molar-refractivity contribution in [3.63, 3.8) is 0 Å². The average Bonchev–Trinajstić information content (AvgIpc) is 2.95. The number of hydrogen-bond acceptors (Lipinski definition) is 2. The molecule has 1 heterocycles. The molecule has 0 saturated heterocycles. The Bertz CT molecular complexity index is 696. The van der Waals surface area contributed by atoms with E-state index in [1.807, 2.05) is 12.1 Å². The van der Waals surface area contributed by atoms with E-state index in [1.54, 1.807) is 0 Å². The lowest BCUT2D eigenvalue weighted by Crippen LogP contribution is -2.32.